The second-order valence-corrected chi connectivity index (χ2v) is 5.39. The minimum absolute atomic E-state index is 0.296. The van der Waals surface area contributed by atoms with Crippen molar-refractivity contribution in [1.29, 1.82) is 0 Å². The summed E-state index contributed by atoms with van der Waals surface area (Å²) in [6.07, 6.45) is 0.514. The third-order valence-electron chi connectivity index (χ3n) is 3.72. The maximum absolute atomic E-state index is 13.5. The minimum atomic E-state index is -0.384. The highest BCUT2D eigenvalue weighted by Crippen LogP contribution is 2.14. The molecule has 0 fully saturated rings. The fourth-order valence-corrected chi connectivity index (χ4v) is 2.37. The largest absolute Gasteiger partial charge is 0.352 e. The van der Waals surface area contributed by atoms with Crippen LogP contribution in [0.4, 0.5) is 4.39 Å². The van der Waals surface area contributed by atoms with Gasteiger partial charge in [-0.2, -0.15) is 5.10 Å². The van der Waals surface area contributed by atoms with Crippen molar-refractivity contribution >= 4 is 5.91 Å². The molecule has 0 aliphatic carbocycles. The van der Waals surface area contributed by atoms with Crippen LogP contribution in [0, 0.1) is 12.7 Å². The molecule has 2 aromatic carbocycles. The molecule has 1 amide bonds. The van der Waals surface area contributed by atoms with Crippen molar-refractivity contribution in [2.75, 3.05) is 6.54 Å². The molecule has 2 N–H and O–H groups in total. The van der Waals surface area contributed by atoms with Gasteiger partial charge in [-0.15, -0.1) is 0 Å². The van der Waals surface area contributed by atoms with Crippen LogP contribution in [0.3, 0.4) is 0 Å². The van der Waals surface area contributed by atoms with E-state index in [-0.39, 0.29) is 11.7 Å². The predicted molar refractivity (Wildman–Crippen MR) is 89.0 cm³/mol. The maximum atomic E-state index is 13.5. The van der Waals surface area contributed by atoms with E-state index in [1.54, 1.807) is 13.0 Å². The van der Waals surface area contributed by atoms with Gasteiger partial charge in [0.15, 0.2) is 5.82 Å². The van der Waals surface area contributed by atoms with Crippen LogP contribution in [0.5, 0.6) is 0 Å². The van der Waals surface area contributed by atoms with Crippen molar-refractivity contribution in [3.63, 3.8) is 0 Å². The van der Waals surface area contributed by atoms with Crippen molar-refractivity contribution < 1.29 is 9.18 Å². The number of hydrogen-bond acceptors (Lipinski definition) is 3. The van der Waals surface area contributed by atoms with Crippen molar-refractivity contribution in [3.05, 3.63) is 71.3 Å². The standard InChI is InChI=1S/C18H17FN4O/c1-12-14(8-5-9-15(12)19)18(24)20-11-10-16-21-17(23-22-16)13-6-3-2-4-7-13/h2-9H,10-11H2,1H3,(H,20,24)(H,21,22,23). The highest BCUT2D eigenvalue weighted by Gasteiger charge is 2.11. The fraction of sp³-hybridized carbons (Fsp3) is 0.167. The Morgan fingerprint density at radius 2 is 1.96 bits per heavy atom. The Kier molecular flexibility index (Phi) is 4.65. The van der Waals surface area contributed by atoms with E-state index in [1.807, 2.05) is 30.3 Å². The number of rotatable bonds is 5. The van der Waals surface area contributed by atoms with Gasteiger partial charge >= 0.3 is 0 Å². The van der Waals surface area contributed by atoms with Crippen molar-refractivity contribution in [1.82, 2.24) is 20.5 Å². The molecule has 122 valence electrons. The van der Waals surface area contributed by atoms with Crippen molar-refractivity contribution in [2.45, 2.75) is 13.3 Å². The van der Waals surface area contributed by atoms with Gasteiger partial charge in [-0.1, -0.05) is 36.4 Å². The molecular weight excluding hydrogens is 307 g/mol. The molecule has 0 aliphatic rings. The van der Waals surface area contributed by atoms with E-state index in [9.17, 15) is 9.18 Å². The SMILES string of the molecule is Cc1c(F)cccc1C(=O)NCCc1nc(-c2ccccc2)n[nH]1. The molecule has 0 saturated carbocycles. The summed E-state index contributed by atoms with van der Waals surface area (Å²) in [6.45, 7) is 1.98. The number of carbonyl (C=O) groups is 1. The Morgan fingerprint density at radius 1 is 1.17 bits per heavy atom. The molecule has 6 heteroatoms. The van der Waals surface area contributed by atoms with Gasteiger partial charge in [0.1, 0.15) is 11.6 Å². The van der Waals surface area contributed by atoms with Gasteiger partial charge in [0.25, 0.3) is 5.91 Å². The van der Waals surface area contributed by atoms with Gasteiger partial charge in [-0.3, -0.25) is 9.89 Å². The highest BCUT2D eigenvalue weighted by atomic mass is 19.1. The number of aromatic nitrogens is 3. The molecule has 1 heterocycles. The molecule has 0 atom stereocenters. The number of halogens is 1. The van der Waals surface area contributed by atoms with E-state index >= 15 is 0 Å². The third kappa shape index (κ3) is 3.48. The van der Waals surface area contributed by atoms with Crippen LogP contribution in [0.1, 0.15) is 21.7 Å². The van der Waals surface area contributed by atoms with Gasteiger partial charge < -0.3 is 5.32 Å². The zero-order valence-electron chi connectivity index (χ0n) is 13.2. The summed E-state index contributed by atoms with van der Waals surface area (Å²) in [6, 6.07) is 14.1. The average molecular weight is 324 g/mol. The van der Waals surface area contributed by atoms with E-state index in [0.29, 0.717) is 35.7 Å². The summed E-state index contributed by atoms with van der Waals surface area (Å²) < 4.78 is 13.5. The Bertz CT molecular complexity index is 845. The normalized spacial score (nSPS) is 10.6. The lowest BCUT2D eigenvalue weighted by Crippen LogP contribution is -2.26. The summed E-state index contributed by atoms with van der Waals surface area (Å²) >= 11 is 0. The summed E-state index contributed by atoms with van der Waals surface area (Å²) in [5, 5.41) is 9.81. The van der Waals surface area contributed by atoms with E-state index in [2.05, 4.69) is 20.5 Å². The zero-order chi connectivity index (χ0) is 16.9. The van der Waals surface area contributed by atoms with Crippen LogP contribution in [-0.4, -0.2) is 27.6 Å². The molecule has 0 unspecified atom stereocenters. The van der Waals surface area contributed by atoms with Gasteiger partial charge in [0.05, 0.1) is 0 Å². The number of H-pyrrole nitrogens is 1. The smallest absolute Gasteiger partial charge is 0.251 e. The predicted octanol–water partition coefficient (Wildman–Crippen LogP) is 2.89. The Balaban J connectivity index is 1.58. The molecule has 0 aliphatic heterocycles. The molecule has 0 radical (unpaired) electrons. The second-order valence-electron chi connectivity index (χ2n) is 5.39. The Hall–Kier alpha value is -3.02. The number of hydrogen-bond donors (Lipinski definition) is 2. The average Bonchev–Trinajstić information content (AvgIpc) is 3.07. The number of benzene rings is 2. The van der Waals surface area contributed by atoms with Gasteiger partial charge in [0.2, 0.25) is 0 Å². The molecule has 3 aromatic rings. The number of nitrogens with one attached hydrogen (secondary N) is 2. The summed E-state index contributed by atoms with van der Waals surface area (Å²) in [7, 11) is 0. The number of nitrogens with zero attached hydrogens (tertiary/aromatic N) is 2. The molecule has 1 aromatic heterocycles. The summed E-state index contributed by atoms with van der Waals surface area (Å²) in [5.74, 6) is 0.628. The molecule has 0 bridgehead atoms. The first-order valence-corrected chi connectivity index (χ1v) is 7.65. The molecular formula is C18H17FN4O. The molecule has 3 rings (SSSR count). The first kappa shape index (κ1) is 15.9. The topological polar surface area (TPSA) is 70.7 Å². The lowest BCUT2D eigenvalue weighted by Gasteiger charge is -2.07. The lowest BCUT2D eigenvalue weighted by molar-refractivity contribution is 0.0953. The van der Waals surface area contributed by atoms with Gasteiger partial charge in [-0.25, -0.2) is 9.37 Å². The van der Waals surface area contributed by atoms with E-state index in [0.717, 1.165) is 5.56 Å². The quantitative estimate of drug-likeness (QED) is 0.758. The maximum Gasteiger partial charge on any atom is 0.251 e. The second kappa shape index (κ2) is 7.04. The van der Waals surface area contributed by atoms with Crippen LogP contribution < -0.4 is 5.32 Å². The number of carbonyl (C=O) groups excluding carboxylic acids is 1. The number of amides is 1. The highest BCUT2D eigenvalue weighted by molar-refractivity contribution is 5.95. The first-order valence-electron chi connectivity index (χ1n) is 7.65. The molecule has 0 spiro atoms. The fourth-order valence-electron chi connectivity index (χ4n) is 2.37. The van der Waals surface area contributed by atoms with Crippen LogP contribution in [0.15, 0.2) is 48.5 Å². The summed E-state index contributed by atoms with van der Waals surface area (Å²) in [4.78, 5) is 16.5. The number of aromatic amines is 1. The van der Waals surface area contributed by atoms with E-state index in [4.69, 9.17) is 0 Å². The van der Waals surface area contributed by atoms with Crippen molar-refractivity contribution in [3.8, 4) is 11.4 Å². The minimum Gasteiger partial charge on any atom is -0.352 e. The summed E-state index contributed by atoms with van der Waals surface area (Å²) in [5.41, 5.74) is 1.62. The Labute approximate surface area is 138 Å². The first-order chi connectivity index (χ1) is 11.6. The zero-order valence-corrected chi connectivity index (χ0v) is 13.2. The van der Waals surface area contributed by atoms with Crippen LogP contribution in [0.25, 0.3) is 11.4 Å². The van der Waals surface area contributed by atoms with Crippen LogP contribution in [0.2, 0.25) is 0 Å². The van der Waals surface area contributed by atoms with Gasteiger partial charge in [-0.05, 0) is 24.6 Å². The monoisotopic (exact) mass is 324 g/mol. The van der Waals surface area contributed by atoms with E-state index < -0.39 is 0 Å². The molecule has 24 heavy (non-hydrogen) atoms. The van der Waals surface area contributed by atoms with Crippen LogP contribution >= 0.6 is 0 Å². The molecule has 5 nitrogen and oxygen atoms in total. The van der Waals surface area contributed by atoms with Crippen molar-refractivity contribution in [2.24, 2.45) is 0 Å². The molecule has 0 saturated heterocycles. The van der Waals surface area contributed by atoms with Gasteiger partial charge in [0, 0.05) is 24.1 Å². The van der Waals surface area contributed by atoms with Crippen LogP contribution in [-0.2, 0) is 6.42 Å². The third-order valence-corrected chi connectivity index (χ3v) is 3.72. The Morgan fingerprint density at radius 3 is 2.75 bits per heavy atom. The van der Waals surface area contributed by atoms with E-state index in [1.165, 1.54) is 12.1 Å². The lowest BCUT2D eigenvalue weighted by atomic mass is 10.1.